The number of aliphatic hydroxyl groups is 2. The number of aliphatic hydroxyl groups excluding tert-OH is 1. The third-order valence-corrected chi connectivity index (χ3v) is 2.24. The Morgan fingerprint density at radius 3 is 2.21 bits per heavy atom. The van der Waals surface area contributed by atoms with Gasteiger partial charge in [0.2, 0.25) is 0 Å². The van der Waals surface area contributed by atoms with Gasteiger partial charge in [0, 0.05) is 5.56 Å². The van der Waals surface area contributed by atoms with Crippen LogP contribution in [0.5, 0.6) is 5.75 Å². The molecule has 0 bridgehead atoms. The van der Waals surface area contributed by atoms with Crippen LogP contribution in [0.3, 0.4) is 0 Å². The van der Waals surface area contributed by atoms with E-state index in [0.29, 0.717) is 11.3 Å². The average Bonchev–Trinajstić information content (AvgIpc) is 3.23. The van der Waals surface area contributed by atoms with E-state index in [1.165, 1.54) is 13.8 Å². The lowest BCUT2D eigenvalue weighted by molar-refractivity contribution is 0.0488. The summed E-state index contributed by atoms with van der Waals surface area (Å²) < 4.78 is 9.65. The van der Waals surface area contributed by atoms with Crippen LogP contribution in [-0.2, 0) is 4.74 Å². The number of benzene rings is 1. The van der Waals surface area contributed by atoms with Crippen molar-refractivity contribution < 1.29 is 24.5 Å². The molecule has 106 valence electrons. The van der Waals surface area contributed by atoms with Gasteiger partial charge in [-0.1, -0.05) is 0 Å². The standard InChI is InChI=1S/C12H16O4.C2H4O/c1-12(2,15)11(14)9-3-5-10(6-4-9)16-8-7-13;1-2-3-1/h3-6,13,15H,7-8H2,1-2H3;1-2H2. The van der Waals surface area contributed by atoms with Gasteiger partial charge in [0.1, 0.15) is 18.0 Å². The van der Waals surface area contributed by atoms with Gasteiger partial charge in [-0.2, -0.15) is 0 Å². The quantitative estimate of drug-likeness (QED) is 0.616. The number of ketones is 1. The van der Waals surface area contributed by atoms with Crippen LogP contribution < -0.4 is 4.74 Å². The third-order valence-electron chi connectivity index (χ3n) is 2.24. The second kappa shape index (κ2) is 7.23. The Kier molecular flexibility index (Phi) is 5.95. The summed E-state index contributed by atoms with van der Waals surface area (Å²) in [6.07, 6.45) is 0. The molecular formula is C14H20O5. The Morgan fingerprint density at radius 2 is 1.84 bits per heavy atom. The van der Waals surface area contributed by atoms with Crippen molar-refractivity contribution >= 4 is 5.78 Å². The Morgan fingerprint density at radius 1 is 1.32 bits per heavy atom. The fourth-order valence-electron chi connectivity index (χ4n) is 1.22. The number of rotatable bonds is 5. The van der Waals surface area contributed by atoms with Gasteiger partial charge in [0.15, 0.2) is 5.78 Å². The normalized spacial score (nSPS) is 13.3. The first-order valence-corrected chi connectivity index (χ1v) is 6.14. The molecular weight excluding hydrogens is 248 g/mol. The highest BCUT2D eigenvalue weighted by atomic mass is 16.6. The average molecular weight is 268 g/mol. The third kappa shape index (κ3) is 6.33. The van der Waals surface area contributed by atoms with E-state index in [2.05, 4.69) is 4.74 Å². The Balaban J connectivity index is 0.000000524. The summed E-state index contributed by atoms with van der Waals surface area (Å²) >= 11 is 0. The first-order chi connectivity index (χ1) is 8.95. The van der Waals surface area contributed by atoms with Crippen LogP contribution in [-0.4, -0.2) is 48.0 Å². The molecule has 0 radical (unpaired) electrons. The maximum absolute atomic E-state index is 11.7. The Labute approximate surface area is 112 Å². The largest absolute Gasteiger partial charge is 0.491 e. The minimum absolute atomic E-state index is 0.0512. The van der Waals surface area contributed by atoms with Gasteiger partial charge in [0.25, 0.3) is 0 Å². The molecule has 0 saturated carbocycles. The Bertz CT molecular complexity index is 387. The first-order valence-electron chi connectivity index (χ1n) is 6.14. The van der Waals surface area contributed by atoms with Crippen molar-refractivity contribution in [1.29, 1.82) is 0 Å². The summed E-state index contributed by atoms with van der Waals surface area (Å²) in [6.45, 7) is 5.07. The maximum Gasteiger partial charge on any atom is 0.193 e. The van der Waals surface area contributed by atoms with E-state index in [-0.39, 0.29) is 19.0 Å². The van der Waals surface area contributed by atoms with Gasteiger partial charge in [-0.15, -0.1) is 0 Å². The number of hydrogen-bond donors (Lipinski definition) is 2. The zero-order valence-corrected chi connectivity index (χ0v) is 11.3. The summed E-state index contributed by atoms with van der Waals surface area (Å²) in [6, 6.07) is 6.45. The van der Waals surface area contributed by atoms with Gasteiger partial charge in [-0.05, 0) is 38.1 Å². The number of carbonyl (C=O) groups excluding carboxylic acids is 1. The minimum atomic E-state index is -1.37. The summed E-state index contributed by atoms with van der Waals surface area (Å²) in [5, 5.41) is 18.1. The van der Waals surface area contributed by atoms with E-state index < -0.39 is 5.60 Å². The summed E-state index contributed by atoms with van der Waals surface area (Å²) in [5.74, 6) is 0.252. The molecule has 5 nitrogen and oxygen atoms in total. The summed E-state index contributed by atoms with van der Waals surface area (Å²) in [7, 11) is 0. The van der Waals surface area contributed by atoms with E-state index in [4.69, 9.17) is 9.84 Å². The van der Waals surface area contributed by atoms with Crippen LogP contribution in [0.1, 0.15) is 24.2 Å². The van der Waals surface area contributed by atoms with Gasteiger partial charge in [-0.25, -0.2) is 0 Å². The molecule has 1 fully saturated rings. The molecule has 0 spiro atoms. The number of hydrogen-bond acceptors (Lipinski definition) is 5. The lowest BCUT2D eigenvalue weighted by Gasteiger charge is -2.15. The molecule has 0 unspecified atom stereocenters. The maximum atomic E-state index is 11.7. The lowest BCUT2D eigenvalue weighted by Crippen LogP contribution is -2.30. The lowest BCUT2D eigenvalue weighted by atomic mass is 9.97. The van der Waals surface area contributed by atoms with Crippen molar-refractivity contribution in [3.63, 3.8) is 0 Å². The van der Waals surface area contributed by atoms with Crippen molar-refractivity contribution in [1.82, 2.24) is 0 Å². The van der Waals surface area contributed by atoms with Gasteiger partial charge >= 0.3 is 0 Å². The van der Waals surface area contributed by atoms with Crippen molar-refractivity contribution in [3.8, 4) is 5.75 Å². The van der Waals surface area contributed by atoms with E-state index in [1.54, 1.807) is 24.3 Å². The SMILES string of the molecule is C1CO1.CC(C)(O)C(=O)c1ccc(OCCO)cc1. The zero-order chi connectivity index (χ0) is 14.3. The molecule has 1 saturated heterocycles. The first kappa shape index (κ1) is 15.6. The van der Waals surface area contributed by atoms with Crippen LogP contribution in [0.2, 0.25) is 0 Å². The van der Waals surface area contributed by atoms with Crippen LogP contribution in [0.4, 0.5) is 0 Å². The number of carbonyl (C=O) groups is 1. The Hall–Kier alpha value is -1.43. The monoisotopic (exact) mass is 268 g/mol. The molecule has 0 amide bonds. The summed E-state index contributed by atoms with van der Waals surface area (Å²) in [5.41, 5.74) is -0.933. The van der Waals surface area contributed by atoms with Crippen molar-refractivity contribution in [3.05, 3.63) is 29.8 Å². The van der Waals surface area contributed by atoms with E-state index in [9.17, 15) is 9.90 Å². The molecule has 0 atom stereocenters. The van der Waals surface area contributed by atoms with Gasteiger partial charge < -0.3 is 19.7 Å². The molecule has 0 aliphatic carbocycles. The molecule has 2 rings (SSSR count). The molecule has 0 aromatic heterocycles. The molecule has 1 aromatic carbocycles. The molecule has 5 heteroatoms. The predicted octanol–water partition coefficient (Wildman–Crippen LogP) is 1.03. The highest BCUT2D eigenvalue weighted by molar-refractivity contribution is 6.01. The van der Waals surface area contributed by atoms with Crippen molar-refractivity contribution in [2.45, 2.75) is 19.4 Å². The second-order valence-electron chi connectivity index (χ2n) is 4.60. The number of Topliss-reactive ketones (excluding diaryl/α,β-unsaturated/α-hetero) is 1. The predicted molar refractivity (Wildman–Crippen MR) is 70.5 cm³/mol. The highest BCUT2D eigenvalue weighted by Gasteiger charge is 2.24. The topological polar surface area (TPSA) is 79.3 Å². The molecule has 1 aliphatic rings. The minimum Gasteiger partial charge on any atom is -0.491 e. The second-order valence-corrected chi connectivity index (χ2v) is 4.60. The van der Waals surface area contributed by atoms with Crippen LogP contribution in [0, 0.1) is 0 Å². The van der Waals surface area contributed by atoms with E-state index in [1.807, 2.05) is 0 Å². The highest BCUT2D eigenvalue weighted by Crippen LogP contribution is 2.16. The van der Waals surface area contributed by atoms with Crippen LogP contribution in [0.15, 0.2) is 24.3 Å². The smallest absolute Gasteiger partial charge is 0.193 e. The zero-order valence-electron chi connectivity index (χ0n) is 11.3. The van der Waals surface area contributed by atoms with Crippen molar-refractivity contribution in [2.75, 3.05) is 26.4 Å². The molecule has 2 N–H and O–H groups in total. The summed E-state index contributed by atoms with van der Waals surface area (Å²) in [4.78, 5) is 11.7. The molecule has 1 aliphatic heterocycles. The van der Waals surface area contributed by atoms with Crippen molar-refractivity contribution in [2.24, 2.45) is 0 Å². The number of ether oxygens (including phenoxy) is 2. The molecule has 19 heavy (non-hydrogen) atoms. The number of epoxide rings is 1. The van der Waals surface area contributed by atoms with Crippen LogP contribution in [0.25, 0.3) is 0 Å². The molecule has 1 heterocycles. The fourth-order valence-corrected chi connectivity index (χ4v) is 1.22. The van der Waals surface area contributed by atoms with E-state index in [0.717, 1.165) is 13.2 Å². The van der Waals surface area contributed by atoms with E-state index >= 15 is 0 Å². The molecule has 1 aromatic rings. The fraction of sp³-hybridized carbons (Fsp3) is 0.500. The van der Waals surface area contributed by atoms with Gasteiger partial charge in [-0.3, -0.25) is 4.79 Å². The van der Waals surface area contributed by atoms with Crippen LogP contribution >= 0.6 is 0 Å². The van der Waals surface area contributed by atoms with Gasteiger partial charge in [0.05, 0.1) is 19.8 Å².